The fourth-order valence-corrected chi connectivity index (χ4v) is 5.51. The third kappa shape index (κ3) is 6.51. The van der Waals surface area contributed by atoms with Crippen LogP contribution in [0.2, 0.25) is 0 Å². The lowest BCUT2D eigenvalue weighted by atomic mass is 9.86. The highest BCUT2D eigenvalue weighted by atomic mass is 15.1. The van der Waals surface area contributed by atoms with Crippen LogP contribution in [-0.2, 0) is 6.54 Å². The van der Waals surface area contributed by atoms with E-state index < -0.39 is 0 Å². The summed E-state index contributed by atoms with van der Waals surface area (Å²) in [6.07, 6.45) is 11.1. The average molecular weight is 517 g/mol. The van der Waals surface area contributed by atoms with Crippen LogP contribution in [0.5, 0.6) is 0 Å². The van der Waals surface area contributed by atoms with Gasteiger partial charge >= 0.3 is 0 Å². The Labute approximate surface area is 234 Å². The number of rotatable bonds is 10. The fraction of sp³-hybridized carbons (Fsp3) is 0.286. The van der Waals surface area contributed by atoms with Crippen LogP contribution in [0.1, 0.15) is 44.1 Å². The molecule has 0 saturated heterocycles. The van der Waals surface area contributed by atoms with Crippen molar-refractivity contribution in [3.05, 3.63) is 115 Å². The number of benzene rings is 3. The van der Waals surface area contributed by atoms with Gasteiger partial charge in [-0.15, -0.1) is 0 Å². The lowest BCUT2D eigenvalue weighted by Crippen LogP contribution is -2.27. The van der Waals surface area contributed by atoms with Crippen molar-refractivity contribution in [3.63, 3.8) is 0 Å². The monoisotopic (exact) mass is 516 g/mol. The van der Waals surface area contributed by atoms with E-state index in [1.807, 2.05) is 6.20 Å². The first-order valence-electron chi connectivity index (χ1n) is 14.1. The zero-order valence-corrected chi connectivity index (χ0v) is 23.4. The van der Waals surface area contributed by atoms with Crippen molar-refractivity contribution in [2.75, 3.05) is 29.2 Å². The van der Waals surface area contributed by atoms with Crippen molar-refractivity contribution >= 4 is 22.8 Å². The summed E-state index contributed by atoms with van der Waals surface area (Å²) in [5.74, 6) is 0.527. The molecule has 4 nitrogen and oxygen atoms in total. The van der Waals surface area contributed by atoms with E-state index in [1.165, 1.54) is 60.2 Å². The second kappa shape index (κ2) is 12.2. The Morgan fingerprint density at radius 3 is 2.21 bits per heavy atom. The van der Waals surface area contributed by atoms with E-state index in [9.17, 15) is 0 Å². The molecule has 0 radical (unpaired) electrons. The lowest BCUT2D eigenvalue weighted by molar-refractivity contribution is 0.396. The van der Waals surface area contributed by atoms with Crippen LogP contribution < -0.4 is 15.1 Å². The molecule has 1 aliphatic carbocycles. The van der Waals surface area contributed by atoms with Crippen molar-refractivity contribution in [2.24, 2.45) is 10.9 Å². The Hall–Kier alpha value is -4.05. The summed E-state index contributed by atoms with van der Waals surface area (Å²) < 4.78 is 0. The topological polar surface area (TPSA) is 30.9 Å². The molecule has 39 heavy (non-hydrogen) atoms. The van der Waals surface area contributed by atoms with Gasteiger partial charge < -0.3 is 15.1 Å². The predicted octanol–water partition coefficient (Wildman–Crippen LogP) is 8.80. The van der Waals surface area contributed by atoms with Gasteiger partial charge in [0.15, 0.2) is 0 Å². The Balaban J connectivity index is 1.37. The zero-order valence-electron chi connectivity index (χ0n) is 23.4. The van der Waals surface area contributed by atoms with Gasteiger partial charge in [0.1, 0.15) is 0 Å². The molecule has 0 atom stereocenters. The van der Waals surface area contributed by atoms with Gasteiger partial charge in [-0.1, -0.05) is 81.0 Å². The summed E-state index contributed by atoms with van der Waals surface area (Å²) in [5.41, 5.74) is 10.2. The molecule has 0 aromatic heterocycles. The molecule has 5 rings (SSSR count). The van der Waals surface area contributed by atoms with Gasteiger partial charge in [-0.25, -0.2) is 0 Å². The van der Waals surface area contributed by atoms with E-state index in [-0.39, 0.29) is 0 Å². The predicted molar refractivity (Wildman–Crippen MR) is 168 cm³/mol. The standard InChI is InChI=1S/C35H40N4/c1-26(35-14-9-23-36-35)37-32-12-8-13-34(24-32)39(27(2)29-10-6-5-7-11-29)25-28-15-17-30(18-16-28)31-19-21-33(22-20-31)38(3)4/h8-9,12-13,15-24,29,37H,1-2,5-7,10-11,14,25H2,3-4H3. The molecular formula is C35H40N4. The minimum Gasteiger partial charge on any atom is -0.378 e. The molecule has 0 spiro atoms. The minimum absolute atomic E-state index is 0.527. The molecule has 1 N–H and O–H groups in total. The summed E-state index contributed by atoms with van der Waals surface area (Å²) in [6.45, 7) is 9.65. The number of nitrogens with zero attached hydrogens (tertiary/aromatic N) is 3. The summed E-state index contributed by atoms with van der Waals surface area (Å²) in [4.78, 5) is 8.97. The smallest absolute Gasteiger partial charge is 0.0670 e. The highest BCUT2D eigenvalue weighted by molar-refractivity contribution is 6.04. The third-order valence-electron chi connectivity index (χ3n) is 7.88. The van der Waals surface area contributed by atoms with E-state index in [4.69, 9.17) is 0 Å². The highest BCUT2D eigenvalue weighted by Crippen LogP contribution is 2.35. The number of anilines is 3. The van der Waals surface area contributed by atoms with Crippen molar-refractivity contribution in [1.82, 2.24) is 0 Å². The average Bonchev–Trinajstić information content (AvgIpc) is 3.52. The molecule has 4 heteroatoms. The molecule has 3 aromatic rings. The number of nitrogens with one attached hydrogen (secondary N) is 1. The van der Waals surface area contributed by atoms with Gasteiger partial charge in [0.25, 0.3) is 0 Å². The van der Waals surface area contributed by atoms with Crippen LogP contribution in [0.4, 0.5) is 17.1 Å². The molecule has 0 unspecified atom stereocenters. The Bertz CT molecular complexity index is 1360. The first-order chi connectivity index (χ1) is 19.0. The van der Waals surface area contributed by atoms with E-state index >= 15 is 0 Å². The van der Waals surface area contributed by atoms with Gasteiger partial charge in [0, 0.05) is 56.0 Å². The first kappa shape index (κ1) is 26.6. The van der Waals surface area contributed by atoms with Crippen molar-refractivity contribution < 1.29 is 0 Å². The molecular weight excluding hydrogens is 476 g/mol. The van der Waals surface area contributed by atoms with Gasteiger partial charge in [0.05, 0.1) is 11.4 Å². The quantitative estimate of drug-likeness (QED) is 0.292. The van der Waals surface area contributed by atoms with Gasteiger partial charge in [-0.05, 0) is 65.8 Å². The maximum atomic E-state index is 4.65. The van der Waals surface area contributed by atoms with Gasteiger partial charge in [-0.2, -0.15) is 0 Å². The maximum absolute atomic E-state index is 4.65. The molecule has 1 fully saturated rings. The second-order valence-corrected chi connectivity index (χ2v) is 10.9. The van der Waals surface area contributed by atoms with E-state index in [1.54, 1.807) is 0 Å². The van der Waals surface area contributed by atoms with Crippen molar-refractivity contribution in [3.8, 4) is 11.1 Å². The molecule has 200 valence electrons. The number of hydrogen-bond donors (Lipinski definition) is 1. The van der Waals surface area contributed by atoms with Crippen LogP contribution in [0, 0.1) is 5.92 Å². The highest BCUT2D eigenvalue weighted by Gasteiger charge is 2.22. The second-order valence-electron chi connectivity index (χ2n) is 10.9. The molecule has 0 amide bonds. The van der Waals surface area contributed by atoms with Gasteiger partial charge in [-0.3, -0.25) is 4.99 Å². The molecule has 3 aromatic carbocycles. The van der Waals surface area contributed by atoms with E-state index in [0.29, 0.717) is 5.92 Å². The number of allylic oxidation sites excluding steroid dienone is 3. The van der Waals surface area contributed by atoms with Crippen LogP contribution in [0.25, 0.3) is 11.1 Å². The SMILES string of the molecule is C=C(Nc1cccc(N(Cc2ccc(-c3ccc(N(C)C)cc3)cc2)C(=C)C2CCCCC2)c1)C1=NC=CC1. The molecule has 2 aliphatic rings. The fourth-order valence-electron chi connectivity index (χ4n) is 5.51. The summed E-state index contributed by atoms with van der Waals surface area (Å²) >= 11 is 0. The zero-order chi connectivity index (χ0) is 27.2. The number of aliphatic imine (C=N–C) groups is 1. The lowest BCUT2D eigenvalue weighted by Gasteiger charge is -2.34. The number of hydrogen-bond acceptors (Lipinski definition) is 4. The van der Waals surface area contributed by atoms with Crippen LogP contribution in [0.3, 0.4) is 0 Å². The summed E-state index contributed by atoms with van der Waals surface area (Å²) in [7, 11) is 4.14. The molecule has 1 aliphatic heterocycles. The van der Waals surface area contributed by atoms with Crippen molar-refractivity contribution in [2.45, 2.75) is 45.1 Å². The Morgan fingerprint density at radius 2 is 1.56 bits per heavy atom. The minimum atomic E-state index is 0.527. The summed E-state index contributed by atoms with van der Waals surface area (Å²) in [6, 6.07) is 26.3. The maximum Gasteiger partial charge on any atom is 0.0670 e. The normalized spacial score (nSPS) is 15.1. The molecule has 0 bridgehead atoms. The van der Waals surface area contributed by atoms with Crippen LogP contribution in [0.15, 0.2) is 115 Å². The Kier molecular flexibility index (Phi) is 8.31. The first-order valence-corrected chi connectivity index (χ1v) is 14.1. The van der Waals surface area contributed by atoms with Crippen LogP contribution >= 0.6 is 0 Å². The molecule has 1 heterocycles. The largest absolute Gasteiger partial charge is 0.378 e. The molecule has 1 saturated carbocycles. The van der Waals surface area contributed by atoms with Crippen LogP contribution in [-0.4, -0.2) is 19.8 Å². The van der Waals surface area contributed by atoms with Gasteiger partial charge in [0.2, 0.25) is 0 Å². The van der Waals surface area contributed by atoms with E-state index in [0.717, 1.165) is 35.7 Å². The third-order valence-corrected chi connectivity index (χ3v) is 7.88. The Morgan fingerprint density at radius 1 is 0.872 bits per heavy atom. The van der Waals surface area contributed by atoms with E-state index in [2.05, 4.69) is 126 Å². The van der Waals surface area contributed by atoms with Crippen molar-refractivity contribution in [1.29, 1.82) is 0 Å². The summed E-state index contributed by atoms with van der Waals surface area (Å²) in [5, 5.41) is 3.47.